The van der Waals surface area contributed by atoms with Crippen molar-refractivity contribution in [2.45, 2.75) is 13.8 Å². The lowest BCUT2D eigenvalue weighted by Crippen LogP contribution is -2.20. The maximum absolute atomic E-state index is 12.8. The number of amides is 1. The van der Waals surface area contributed by atoms with Gasteiger partial charge in [-0.1, -0.05) is 35.9 Å². The molecule has 4 aromatic carbocycles. The average Bonchev–Trinajstić information content (AvgIpc) is 3.04. The van der Waals surface area contributed by atoms with Crippen LogP contribution in [0.15, 0.2) is 91.3 Å². The van der Waals surface area contributed by atoms with Gasteiger partial charge in [-0.05, 0) is 79.6 Å². The molecule has 5 rings (SSSR count). The van der Waals surface area contributed by atoms with Crippen LogP contribution in [0.3, 0.4) is 0 Å². The molecule has 0 radical (unpaired) electrons. The van der Waals surface area contributed by atoms with E-state index in [-0.39, 0.29) is 18.3 Å². The van der Waals surface area contributed by atoms with Crippen molar-refractivity contribution < 1.29 is 23.8 Å². The number of hydrogen-bond acceptors (Lipinski definition) is 8. The van der Waals surface area contributed by atoms with Gasteiger partial charge in [-0.2, -0.15) is 0 Å². The molecule has 0 aliphatic heterocycles. The largest absolute Gasteiger partial charge is 0.497 e. The predicted octanol–water partition coefficient (Wildman–Crippen LogP) is 6.92. The van der Waals surface area contributed by atoms with Crippen molar-refractivity contribution in [3.8, 4) is 17.2 Å². The Morgan fingerprint density at radius 3 is 2.43 bits per heavy atom. The van der Waals surface area contributed by atoms with E-state index >= 15 is 0 Å². The highest BCUT2D eigenvalue weighted by Gasteiger charge is 2.14. The van der Waals surface area contributed by atoms with E-state index in [2.05, 4.69) is 26.7 Å². The van der Waals surface area contributed by atoms with E-state index in [9.17, 15) is 9.59 Å². The number of carbonyl (C=O) groups excluding carboxylic acids is 2. The van der Waals surface area contributed by atoms with Gasteiger partial charge in [-0.25, -0.2) is 9.97 Å². The van der Waals surface area contributed by atoms with Gasteiger partial charge in [0, 0.05) is 28.4 Å². The summed E-state index contributed by atoms with van der Waals surface area (Å²) in [6, 6.07) is 23.7. The van der Waals surface area contributed by atoms with Crippen LogP contribution in [0.25, 0.3) is 17.0 Å². The first kappa shape index (κ1) is 29.8. The number of anilines is 3. The average molecular weight is 589 g/mol. The summed E-state index contributed by atoms with van der Waals surface area (Å²) < 4.78 is 16.6. The van der Waals surface area contributed by atoms with Crippen LogP contribution in [0.5, 0.6) is 17.2 Å². The minimum atomic E-state index is -0.373. The van der Waals surface area contributed by atoms with E-state index in [4.69, 9.17) is 14.2 Å². The monoisotopic (exact) mass is 588 g/mol. The van der Waals surface area contributed by atoms with E-state index in [1.54, 1.807) is 49.6 Å². The van der Waals surface area contributed by atoms with Gasteiger partial charge in [-0.15, -0.1) is 0 Å². The first-order chi connectivity index (χ1) is 21.3. The van der Waals surface area contributed by atoms with E-state index in [1.165, 1.54) is 25.1 Å². The number of rotatable bonds is 11. The number of aryl methyl sites for hydroxylation is 2. The van der Waals surface area contributed by atoms with Crippen LogP contribution in [0, 0.1) is 13.8 Å². The van der Waals surface area contributed by atoms with Crippen molar-refractivity contribution in [3.63, 3.8) is 0 Å². The highest BCUT2D eigenvalue weighted by atomic mass is 16.5. The van der Waals surface area contributed by atoms with Crippen LogP contribution < -0.4 is 24.8 Å². The minimum Gasteiger partial charge on any atom is -0.497 e. The van der Waals surface area contributed by atoms with Gasteiger partial charge >= 0.3 is 0 Å². The zero-order chi connectivity index (χ0) is 31.1. The summed E-state index contributed by atoms with van der Waals surface area (Å²) in [5.74, 6) is 1.59. The van der Waals surface area contributed by atoms with Gasteiger partial charge in [0.15, 0.2) is 23.9 Å². The first-order valence-corrected chi connectivity index (χ1v) is 13.9. The van der Waals surface area contributed by atoms with Crippen LogP contribution in [0.2, 0.25) is 0 Å². The van der Waals surface area contributed by atoms with Crippen LogP contribution in [-0.2, 0) is 4.79 Å². The van der Waals surface area contributed by atoms with Gasteiger partial charge < -0.3 is 24.8 Å². The fourth-order valence-corrected chi connectivity index (χ4v) is 4.59. The number of aromatic nitrogens is 2. The Kier molecular flexibility index (Phi) is 9.15. The molecule has 1 aromatic heterocycles. The quantitative estimate of drug-likeness (QED) is 0.126. The van der Waals surface area contributed by atoms with Crippen LogP contribution in [-0.4, -0.2) is 42.5 Å². The van der Waals surface area contributed by atoms with Crippen LogP contribution in [0.1, 0.15) is 27.0 Å². The maximum Gasteiger partial charge on any atom is 0.262 e. The molecule has 1 heterocycles. The second kappa shape index (κ2) is 13.5. The second-order valence-electron chi connectivity index (χ2n) is 10.1. The number of allylic oxidation sites excluding steroid dienone is 1. The van der Waals surface area contributed by atoms with Crippen molar-refractivity contribution in [1.29, 1.82) is 0 Å². The summed E-state index contributed by atoms with van der Waals surface area (Å²) >= 11 is 0. The Morgan fingerprint density at radius 2 is 1.68 bits per heavy atom. The molecule has 5 aromatic rings. The molecule has 0 bridgehead atoms. The van der Waals surface area contributed by atoms with Crippen molar-refractivity contribution in [1.82, 2.24) is 9.97 Å². The predicted molar refractivity (Wildman–Crippen MR) is 172 cm³/mol. The number of ketones is 1. The van der Waals surface area contributed by atoms with Crippen molar-refractivity contribution in [2.75, 3.05) is 31.5 Å². The number of methoxy groups -OCH3 is 2. The summed E-state index contributed by atoms with van der Waals surface area (Å²) in [5, 5.41) is 6.88. The number of nitrogens with zero attached hydrogens (tertiary/aromatic N) is 2. The molecule has 0 unspecified atom stereocenters. The highest BCUT2D eigenvalue weighted by molar-refractivity contribution is 6.07. The molecule has 2 N–H and O–H groups in total. The molecule has 0 atom stereocenters. The van der Waals surface area contributed by atoms with Gasteiger partial charge in [0.05, 0.1) is 19.7 Å². The Bertz CT molecular complexity index is 1850. The summed E-state index contributed by atoms with van der Waals surface area (Å²) in [7, 11) is 3.12. The second-order valence-corrected chi connectivity index (χ2v) is 10.1. The third-order valence-corrected chi connectivity index (χ3v) is 6.89. The van der Waals surface area contributed by atoms with Gasteiger partial charge in [0.25, 0.3) is 5.91 Å². The van der Waals surface area contributed by atoms with Crippen molar-refractivity contribution in [2.24, 2.45) is 0 Å². The number of nitrogens with one attached hydrogen (secondary N) is 2. The summed E-state index contributed by atoms with van der Waals surface area (Å²) in [5.41, 5.74) is 5.72. The van der Waals surface area contributed by atoms with E-state index < -0.39 is 0 Å². The van der Waals surface area contributed by atoms with Crippen LogP contribution in [0.4, 0.5) is 17.2 Å². The molecule has 222 valence electrons. The van der Waals surface area contributed by atoms with Crippen molar-refractivity contribution in [3.05, 3.63) is 114 Å². The Balaban J connectivity index is 1.24. The molecule has 0 aliphatic carbocycles. The third-order valence-electron chi connectivity index (χ3n) is 6.89. The van der Waals surface area contributed by atoms with E-state index in [1.807, 2.05) is 50.2 Å². The maximum atomic E-state index is 12.8. The molecule has 44 heavy (non-hydrogen) atoms. The van der Waals surface area contributed by atoms with E-state index in [0.29, 0.717) is 45.2 Å². The van der Waals surface area contributed by atoms with E-state index in [0.717, 1.165) is 16.8 Å². The number of hydrogen-bond donors (Lipinski definition) is 2. The normalized spacial score (nSPS) is 10.9. The molecule has 0 aliphatic rings. The number of fused-ring (bicyclic) bond motifs is 1. The van der Waals surface area contributed by atoms with Crippen molar-refractivity contribution >= 4 is 45.9 Å². The molecule has 0 spiro atoms. The van der Waals surface area contributed by atoms with Gasteiger partial charge in [-0.3, -0.25) is 9.59 Å². The Hall–Kier alpha value is -5.70. The number of carbonyl (C=O) groups is 2. The lowest BCUT2D eigenvalue weighted by Gasteiger charge is -2.15. The van der Waals surface area contributed by atoms with Gasteiger partial charge in [0.1, 0.15) is 17.9 Å². The lowest BCUT2D eigenvalue weighted by molar-refractivity contribution is -0.118. The van der Waals surface area contributed by atoms with Crippen LogP contribution >= 0.6 is 0 Å². The summed E-state index contributed by atoms with van der Waals surface area (Å²) in [6.45, 7) is 3.81. The zero-order valence-corrected chi connectivity index (χ0v) is 24.9. The summed E-state index contributed by atoms with van der Waals surface area (Å²) in [6.07, 6.45) is 4.71. The standard InChI is InChI=1S/C35H32N4O5/c1-22-8-14-29(23(2)16-22)39-35-28-18-33(32(43-4)19-30(28)36-21-37-35)44-20-34(41)38-26-12-10-25(11-13-26)31(40)15-9-24-6-5-7-27(17-24)42-3/h5-19,21H,20H2,1-4H3,(H,38,41)(H,36,37,39)/b15-9+. The third kappa shape index (κ3) is 7.19. The first-order valence-electron chi connectivity index (χ1n) is 13.9. The molecule has 1 amide bonds. The highest BCUT2D eigenvalue weighted by Crippen LogP contribution is 2.35. The molecule has 0 fully saturated rings. The van der Waals surface area contributed by atoms with Gasteiger partial charge in [0.2, 0.25) is 0 Å². The SMILES string of the molecule is COc1cccc(/C=C/C(=O)c2ccc(NC(=O)COc3cc4c(Nc5ccc(C)cc5C)ncnc4cc3OC)cc2)c1. The molecular weight excluding hydrogens is 556 g/mol. The fourth-order valence-electron chi connectivity index (χ4n) is 4.59. The smallest absolute Gasteiger partial charge is 0.262 e. The molecular formula is C35H32N4O5. The fraction of sp³-hybridized carbons (Fsp3) is 0.143. The lowest BCUT2D eigenvalue weighted by atomic mass is 10.1. The Morgan fingerprint density at radius 1 is 0.864 bits per heavy atom. The Labute approximate surface area is 255 Å². The minimum absolute atomic E-state index is 0.159. The summed E-state index contributed by atoms with van der Waals surface area (Å²) in [4.78, 5) is 34.2. The zero-order valence-electron chi connectivity index (χ0n) is 24.9. The molecule has 9 nitrogen and oxygen atoms in total. The molecule has 9 heteroatoms. The molecule has 0 saturated heterocycles. The number of ether oxygens (including phenoxy) is 3. The number of benzene rings is 4. The molecule has 0 saturated carbocycles. The topological polar surface area (TPSA) is 112 Å².